The molecule has 1 heterocycles. The highest BCUT2D eigenvalue weighted by atomic mass is 79.9. The minimum Gasteiger partial charge on any atom is -0.355 e. The molecule has 0 radical (unpaired) electrons. The summed E-state index contributed by atoms with van der Waals surface area (Å²) in [6.07, 6.45) is 2.92. The fraction of sp³-hybridized carbons (Fsp3) is 0.625. The van der Waals surface area contributed by atoms with Crippen LogP contribution in [0.25, 0.3) is 0 Å². The standard InChI is InChI=1S/C8H13BrN4O/c1-2-6(9)8(14)10-4-3-7-11-5-12-13-7/h5-6H,2-4H2,1H3,(H,10,14)(H,11,12,13). The van der Waals surface area contributed by atoms with E-state index < -0.39 is 0 Å². The van der Waals surface area contributed by atoms with Gasteiger partial charge in [-0.1, -0.05) is 22.9 Å². The van der Waals surface area contributed by atoms with Gasteiger partial charge in [-0.3, -0.25) is 9.89 Å². The van der Waals surface area contributed by atoms with Gasteiger partial charge in [-0.25, -0.2) is 4.98 Å². The number of amides is 1. The van der Waals surface area contributed by atoms with Crippen molar-refractivity contribution < 1.29 is 4.79 Å². The van der Waals surface area contributed by atoms with E-state index in [0.29, 0.717) is 13.0 Å². The van der Waals surface area contributed by atoms with Crippen molar-refractivity contribution >= 4 is 21.8 Å². The van der Waals surface area contributed by atoms with Crippen molar-refractivity contribution in [3.8, 4) is 0 Å². The predicted molar refractivity (Wildman–Crippen MR) is 56.1 cm³/mol. The molecule has 1 aromatic rings. The summed E-state index contributed by atoms with van der Waals surface area (Å²) in [5.41, 5.74) is 0. The normalized spacial score (nSPS) is 12.4. The van der Waals surface area contributed by atoms with Crippen molar-refractivity contribution in [1.82, 2.24) is 20.5 Å². The molecule has 1 amide bonds. The van der Waals surface area contributed by atoms with Gasteiger partial charge in [0.15, 0.2) is 0 Å². The van der Waals surface area contributed by atoms with E-state index in [0.717, 1.165) is 12.2 Å². The van der Waals surface area contributed by atoms with Crippen LogP contribution in [0, 0.1) is 0 Å². The third-order valence-electron chi connectivity index (χ3n) is 1.77. The van der Waals surface area contributed by atoms with E-state index in [1.807, 2.05) is 6.92 Å². The van der Waals surface area contributed by atoms with Gasteiger partial charge in [0.05, 0.1) is 4.83 Å². The molecule has 1 aromatic heterocycles. The average molecular weight is 261 g/mol. The highest BCUT2D eigenvalue weighted by molar-refractivity contribution is 9.10. The lowest BCUT2D eigenvalue weighted by Crippen LogP contribution is -2.32. The zero-order valence-corrected chi connectivity index (χ0v) is 9.54. The van der Waals surface area contributed by atoms with Gasteiger partial charge in [-0.2, -0.15) is 5.10 Å². The number of halogens is 1. The Hall–Kier alpha value is -0.910. The van der Waals surface area contributed by atoms with Crippen LogP contribution >= 0.6 is 15.9 Å². The maximum absolute atomic E-state index is 11.3. The molecule has 0 aliphatic carbocycles. The molecule has 0 aliphatic rings. The molecule has 14 heavy (non-hydrogen) atoms. The summed E-state index contributed by atoms with van der Waals surface area (Å²) < 4.78 is 0. The first-order valence-corrected chi connectivity index (χ1v) is 5.41. The molecule has 1 rings (SSSR count). The number of aromatic amines is 1. The van der Waals surface area contributed by atoms with Crippen LogP contribution in [0.3, 0.4) is 0 Å². The minimum atomic E-state index is -0.0998. The van der Waals surface area contributed by atoms with Crippen LogP contribution in [-0.2, 0) is 11.2 Å². The van der Waals surface area contributed by atoms with Crippen molar-refractivity contribution in [3.05, 3.63) is 12.2 Å². The Kier molecular flexibility index (Phi) is 4.58. The van der Waals surface area contributed by atoms with Crippen LogP contribution < -0.4 is 5.32 Å². The molecular formula is C8H13BrN4O. The minimum absolute atomic E-state index is 0.0204. The number of hydrogen-bond donors (Lipinski definition) is 2. The summed E-state index contributed by atoms with van der Waals surface area (Å²) in [4.78, 5) is 15.1. The van der Waals surface area contributed by atoms with E-state index in [9.17, 15) is 4.79 Å². The predicted octanol–water partition coefficient (Wildman–Crippen LogP) is 0.637. The van der Waals surface area contributed by atoms with Gasteiger partial charge in [-0.05, 0) is 6.42 Å². The van der Waals surface area contributed by atoms with Crippen molar-refractivity contribution in [2.24, 2.45) is 0 Å². The van der Waals surface area contributed by atoms with Gasteiger partial charge in [-0.15, -0.1) is 0 Å². The van der Waals surface area contributed by atoms with Crippen LogP contribution in [0.1, 0.15) is 19.2 Å². The van der Waals surface area contributed by atoms with Crippen LogP contribution in [0.15, 0.2) is 6.33 Å². The number of alkyl halides is 1. The second kappa shape index (κ2) is 5.74. The second-order valence-corrected chi connectivity index (χ2v) is 3.95. The Labute approximate surface area is 90.8 Å². The fourth-order valence-electron chi connectivity index (χ4n) is 0.951. The Balaban J connectivity index is 2.18. The number of hydrogen-bond acceptors (Lipinski definition) is 3. The summed E-state index contributed by atoms with van der Waals surface area (Å²) in [6, 6.07) is 0. The van der Waals surface area contributed by atoms with E-state index in [1.54, 1.807) is 0 Å². The van der Waals surface area contributed by atoms with Gasteiger partial charge < -0.3 is 5.32 Å². The van der Waals surface area contributed by atoms with E-state index in [4.69, 9.17) is 0 Å². The van der Waals surface area contributed by atoms with Gasteiger partial charge in [0.1, 0.15) is 12.2 Å². The first-order valence-electron chi connectivity index (χ1n) is 4.50. The van der Waals surface area contributed by atoms with E-state index in [-0.39, 0.29) is 10.7 Å². The smallest absolute Gasteiger partial charge is 0.233 e. The van der Waals surface area contributed by atoms with Crippen molar-refractivity contribution in [1.29, 1.82) is 0 Å². The van der Waals surface area contributed by atoms with Crippen LogP contribution in [0.5, 0.6) is 0 Å². The van der Waals surface area contributed by atoms with Gasteiger partial charge >= 0.3 is 0 Å². The molecule has 78 valence electrons. The summed E-state index contributed by atoms with van der Waals surface area (Å²) in [5, 5.41) is 9.24. The summed E-state index contributed by atoms with van der Waals surface area (Å²) >= 11 is 3.27. The van der Waals surface area contributed by atoms with Crippen molar-refractivity contribution in [3.63, 3.8) is 0 Å². The molecule has 1 atom stereocenters. The maximum atomic E-state index is 11.3. The van der Waals surface area contributed by atoms with Crippen molar-refractivity contribution in [2.45, 2.75) is 24.6 Å². The monoisotopic (exact) mass is 260 g/mol. The molecule has 0 spiro atoms. The molecule has 0 saturated heterocycles. The zero-order chi connectivity index (χ0) is 10.4. The molecule has 0 aliphatic heterocycles. The van der Waals surface area contributed by atoms with E-state index >= 15 is 0 Å². The SMILES string of the molecule is CCC(Br)C(=O)NCCc1ncn[nH]1. The lowest BCUT2D eigenvalue weighted by atomic mass is 10.3. The molecule has 2 N–H and O–H groups in total. The van der Waals surface area contributed by atoms with E-state index in [1.165, 1.54) is 6.33 Å². The lowest BCUT2D eigenvalue weighted by Gasteiger charge is -2.07. The second-order valence-electron chi connectivity index (χ2n) is 2.85. The number of nitrogens with zero attached hydrogens (tertiary/aromatic N) is 2. The molecule has 0 fully saturated rings. The molecule has 0 bridgehead atoms. The average Bonchev–Trinajstić information content (AvgIpc) is 2.69. The van der Waals surface area contributed by atoms with Crippen LogP contribution in [0.2, 0.25) is 0 Å². The fourth-order valence-corrected chi connectivity index (χ4v) is 1.11. The number of aromatic nitrogens is 3. The molecule has 1 unspecified atom stereocenters. The summed E-state index contributed by atoms with van der Waals surface area (Å²) in [5.74, 6) is 0.805. The molecule has 6 heteroatoms. The number of rotatable bonds is 5. The first-order chi connectivity index (χ1) is 6.74. The van der Waals surface area contributed by atoms with Crippen LogP contribution in [0.4, 0.5) is 0 Å². The Morgan fingerprint density at radius 2 is 2.57 bits per heavy atom. The Bertz CT molecular complexity index is 275. The Morgan fingerprint density at radius 1 is 1.79 bits per heavy atom. The summed E-state index contributed by atoms with van der Waals surface area (Å²) in [7, 11) is 0. The highest BCUT2D eigenvalue weighted by Crippen LogP contribution is 2.03. The molecule has 0 aromatic carbocycles. The first kappa shape index (κ1) is 11.2. The topological polar surface area (TPSA) is 70.7 Å². The molecule has 5 nitrogen and oxygen atoms in total. The number of nitrogens with one attached hydrogen (secondary N) is 2. The quantitative estimate of drug-likeness (QED) is 0.764. The third kappa shape index (κ3) is 3.45. The molecular weight excluding hydrogens is 248 g/mol. The van der Waals surface area contributed by atoms with Crippen LogP contribution in [-0.4, -0.2) is 32.5 Å². The molecule has 0 saturated carbocycles. The largest absolute Gasteiger partial charge is 0.355 e. The summed E-state index contributed by atoms with van der Waals surface area (Å²) in [6.45, 7) is 2.53. The third-order valence-corrected chi connectivity index (χ3v) is 2.83. The Morgan fingerprint density at radius 3 is 3.14 bits per heavy atom. The maximum Gasteiger partial charge on any atom is 0.233 e. The van der Waals surface area contributed by atoms with Gasteiger partial charge in [0, 0.05) is 13.0 Å². The van der Waals surface area contributed by atoms with Crippen molar-refractivity contribution in [2.75, 3.05) is 6.54 Å². The van der Waals surface area contributed by atoms with Gasteiger partial charge in [0.25, 0.3) is 0 Å². The number of carbonyl (C=O) groups excluding carboxylic acids is 1. The van der Waals surface area contributed by atoms with Gasteiger partial charge in [0.2, 0.25) is 5.91 Å². The zero-order valence-electron chi connectivity index (χ0n) is 7.96. The highest BCUT2D eigenvalue weighted by Gasteiger charge is 2.10. The lowest BCUT2D eigenvalue weighted by molar-refractivity contribution is -0.120. The number of H-pyrrole nitrogens is 1. The van der Waals surface area contributed by atoms with E-state index in [2.05, 4.69) is 36.4 Å². The number of carbonyl (C=O) groups is 1.